The van der Waals surface area contributed by atoms with Crippen molar-refractivity contribution in [2.24, 2.45) is 0 Å². The summed E-state index contributed by atoms with van der Waals surface area (Å²) in [6, 6.07) is 14.1. The Kier molecular flexibility index (Phi) is 4.85. The molecule has 0 aliphatic rings. The predicted molar refractivity (Wildman–Crippen MR) is 85.8 cm³/mol. The first-order valence-corrected chi connectivity index (χ1v) is 9.27. The summed E-state index contributed by atoms with van der Waals surface area (Å²) in [5.74, 6) is 0.401. The fourth-order valence-electron chi connectivity index (χ4n) is 1.83. The molecule has 2 aromatic rings. The van der Waals surface area contributed by atoms with E-state index in [1.54, 1.807) is 24.3 Å². The zero-order valence-electron chi connectivity index (χ0n) is 11.9. The van der Waals surface area contributed by atoms with Crippen LogP contribution in [0.5, 0.6) is 0 Å². The smallest absolute Gasteiger partial charge is 0.175 e. The highest BCUT2D eigenvalue weighted by Crippen LogP contribution is 2.21. The van der Waals surface area contributed by atoms with E-state index in [0.29, 0.717) is 11.3 Å². The van der Waals surface area contributed by atoms with Gasteiger partial charge in [-0.1, -0.05) is 23.8 Å². The van der Waals surface area contributed by atoms with Gasteiger partial charge in [0, 0.05) is 16.7 Å². The number of benzene rings is 2. The average molecular weight is 320 g/mol. The number of thioether (sulfide) groups is 1. The highest BCUT2D eigenvalue weighted by atomic mass is 32.2. The number of Topliss-reactive ketones (excluding diaryl/α,β-unsaturated/α-hetero) is 1. The van der Waals surface area contributed by atoms with Gasteiger partial charge < -0.3 is 0 Å². The summed E-state index contributed by atoms with van der Waals surface area (Å²) in [6.07, 6.45) is 1.18. The molecule has 2 rings (SSSR count). The van der Waals surface area contributed by atoms with E-state index in [1.807, 2.05) is 31.2 Å². The topological polar surface area (TPSA) is 51.2 Å². The predicted octanol–water partition coefficient (Wildman–Crippen LogP) is 3.37. The van der Waals surface area contributed by atoms with Crippen LogP contribution >= 0.6 is 11.8 Å². The van der Waals surface area contributed by atoms with Crippen molar-refractivity contribution in [1.82, 2.24) is 0 Å². The third kappa shape index (κ3) is 4.44. The summed E-state index contributed by atoms with van der Waals surface area (Å²) < 4.78 is 22.7. The molecule has 3 nitrogen and oxygen atoms in total. The van der Waals surface area contributed by atoms with Crippen molar-refractivity contribution >= 4 is 27.4 Å². The highest BCUT2D eigenvalue weighted by molar-refractivity contribution is 8.00. The van der Waals surface area contributed by atoms with Crippen molar-refractivity contribution in [3.05, 3.63) is 59.7 Å². The van der Waals surface area contributed by atoms with E-state index in [0.717, 1.165) is 10.5 Å². The first-order chi connectivity index (χ1) is 9.86. The number of hydrogen-bond acceptors (Lipinski definition) is 4. The van der Waals surface area contributed by atoms with Crippen LogP contribution in [-0.4, -0.2) is 26.2 Å². The molecule has 0 saturated carbocycles. The van der Waals surface area contributed by atoms with Crippen LogP contribution in [0.3, 0.4) is 0 Å². The number of aryl methyl sites for hydroxylation is 1. The van der Waals surface area contributed by atoms with Crippen molar-refractivity contribution in [3.8, 4) is 0 Å². The molecule has 0 aromatic heterocycles. The Morgan fingerprint density at radius 3 is 2.33 bits per heavy atom. The first kappa shape index (κ1) is 15.8. The Bertz CT molecular complexity index is 747. The molecule has 0 unspecified atom stereocenters. The molecule has 5 heteroatoms. The Labute approximate surface area is 129 Å². The summed E-state index contributed by atoms with van der Waals surface area (Å²) in [5.41, 5.74) is 1.76. The molecular weight excluding hydrogens is 304 g/mol. The van der Waals surface area contributed by atoms with E-state index in [1.165, 1.54) is 18.0 Å². The second-order valence-corrected chi connectivity index (χ2v) is 7.89. The number of carbonyl (C=O) groups excluding carboxylic acids is 1. The summed E-state index contributed by atoms with van der Waals surface area (Å²) >= 11 is 1.40. The normalized spacial score (nSPS) is 11.3. The molecule has 2 aromatic carbocycles. The molecule has 0 fully saturated rings. The van der Waals surface area contributed by atoms with Crippen molar-refractivity contribution in [2.75, 3.05) is 12.0 Å². The van der Waals surface area contributed by atoms with Gasteiger partial charge in [0.15, 0.2) is 15.6 Å². The molecular formula is C16H16O3S2. The summed E-state index contributed by atoms with van der Waals surface area (Å²) in [6.45, 7) is 1.95. The van der Waals surface area contributed by atoms with Crippen molar-refractivity contribution in [2.45, 2.75) is 16.7 Å². The van der Waals surface area contributed by atoms with E-state index in [4.69, 9.17) is 0 Å². The maximum Gasteiger partial charge on any atom is 0.175 e. The molecule has 21 heavy (non-hydrogen) atoms. The largest absolute Gasteiger partial charge is 0.293 e. The van der Waals surface area contributed by atoms with Crippen LogP contribution < -0.4 is 0 Å². The number of sulfone groups is 1. The maximum atomic E-state index is 12.1. The molecule has 0 bridgehead atoms. The number of carbonyl (C=O) groups is 1. The van der Waals surface area contributed by atoms with Gasteiger partial charge in [-0.25, -0.2) is 8.42 Å². The summed E-state index contributed by atoms with van der Waals surface area (Å²) in [4.78, 5) is 13.2. The van der Waals surface area contributed by atoms with Gasteiger partial charge in [0.2, 0.25) is 0 Å². The average Bonchev–Trinajstić information content (AvgIpc) is 2.44. The number of ketones is 1. The van der Waals surface area contributed by atoms with Gasteiger partial charge in [-0.05, 0) is 37.3 Å². The number of hydrogen-bond donors (Lipinski definition) is 0. The van der Waals surface area contributed by atoms with E-state index < -0.39 is 9.84 Å². The zero-order valence-corrected chi connectivity index (χ0v) is 13.5. The molecule has 0 radical (unpaired) electrons. The molecule has 0 N–H and O–H groups in total. The molecule has 0 spiro atoms. The molecule has 0 atom stereocenters. The van der Waals surface area contributed by atoms with Gasteiger partial charge in [-0.2, -0.15) is 0 Å². The van der Waals surface area contributed by atoms with Gasteiger partial charge in [-0.15, -0.1) is 11.8 Å². The quantitative estimate of drug-likeness (QED) is 0.626. The Hall–Kier alpha value is -1.59. The van der Waals surface area contributed by atoms with Crippen molar-refractivity contribution in [3.63, 3.8) is 0 Å². The fraction of sp³-hybridized carbons (Fsp3) is 0.188. The van der Waals surface area contributed by atoms with Gasteiger partial charge in [0.25, 0.3) is 0 Å². The fourth-order valence-corrected chi connectivity index (χ4v) is 3.26. The monoisotopic (exact) mass is 320 g/mol. The van der Waals surface area contributed by atoms with Crippen LogP contribution in [0.1, 0.15) is 15.9 Å². The van der Waals surface area contributed by atoms with Crippen LogP contribution in [0.2, 0.25) is 0 Å². The summed E-state index contributed by atoms with van der Waals surface area (Å²) in [5, 5.41) is 0. The lowest BCUT2D eigenvalue weighted by Crippen LogP contribution is -2.02. The van der Waals surface area contributed by atoms with Gasteiger partial charge in [-0.3, -0.25) is 4.79 Å². The number of rotatable bonds is 5. The SMILES string of the molecule is Cc1cccc(C(=O)CSc2ccc(S(C)(=O)=O)cc2)c1. The van der Waals surface area contributed by atoms with Crippen LogP contribution in [0, 0.1) is 6.92 Å². The van der Waals surface area contributed by atoms with Crippen LogP contribution in [0.4, 0.5) is 0 Å². The van der Waals surface area contributed by atoms with E-state index in [9.17, 15) is 13.2 Å². The molecule has 0 amide bonds. The minimum Gasteiger partial charge on any atom is -0.293 e. The molecule has 0 aliphatic carbocycles. The Morgan fingerprint density at radius 2 is 1.76 bits per heavy atom. The minimum absolute atomic E-state index is 0.0656. The first-order valence-electron chi connectivity index (χ1n) is 6.39. The van der Waals surface area contributed by atoms with E-state index >= 15 is 0 Å². The lowest BCUT2D eigenvalue weighted by Gasteiger charge is -2.04. The molecule has 0 aliphatic heterocycles. The molecule has 0 saturated heterocycles. The van der Waals surface area contributed by atoms with Gasteiger partial charge in [0.1, 0.15) is 0 Å². The Morgan fingerprint density at radius 1 is 1.10 bits per heavy atom. The second-order valence-electron chi connectivity index (χ2n) is 4.82. The summed E-state index contributed by atoms with van der Waals surface area (Å²) in [7, 11) is -3.17. The van der Waals surface area contributed by atoms with Crippen LogP contribution in [-0.2, 0) is 9.84 Å². The van der Waals surface area contributed by atoms with E-state index in [2.05, 4.69) is 0 Å². The minimum atomic E-state index is -3.17. The molecule has 110 valence electrons. The lowest BCUT2D eigenvalue weighted by atomic mass is 10.1. The van der Waals surface area contributed by atoms with Crippen molar-refractivity contribution in [1.29, 1.82) is 0 Å². The zero-order chi connectivity index (χ0) is 15.5. The van der Waals surface area contributed by atoms with Crippen LogP contribution in [0.25, 0.3) is 0 Å². The van der Waals surface area contributed by atoms with Crippen molar-refractivity contribution < 1.29 is 13.2 Å². The van der Waals surface area contributed by atoms with Crippen LogP contribution in [0.15, 0.2) is 58.3 Å². The standard InChI is InChI=1S/C16H16O3S2/c1-12-4-3-5-13(10-12)16(17)11-20-14-6-8-15(9-7-14)21(2,18)19/h3-10H,11H2,1-2H3. The lowest BCUT2D eigenvalue weighted by molar-refractivity contribution is 0.102. The third-order valence-corrected chi connectivity index (χ3v) is 5.10. The Balaban J connectivity index is 2.02. The maximum absolute atomic E-state index is 12.1. The highest BCUT2D eigenvalue weighted by Gasteiger charge is 2.09. The second kappa shape index (κ2) is 6.45. The molecule has 0 heterocycles. The third-order valence-electron chi connectivity index (χ3n) is 2.96. The van der Waals surface area contributed by atoms with Gasteiger partial charge >= 0.3 is 0 Å². The van der Waals surface area contributed by atoms with Gasteiger partial charge in [0.05, 0.1) is 10.6 Å². The van der Waals surface area contributed by atoms with E-state index in [-0.39, 0.29) is 10.7 Å².